The summed E-state index contributed by atoms with van der Waals surface area (Å²) in [6.07, 6.45) is 5.27. The summed E-state index contributed by atoms with van der Waals surface area (Å²) >= 11 is 2.02. The number of hydrogen-bond donors (Lipinski definition) is 0. The molecule has 5 heterocycles. The number of benzene rings is 5. The molecule has 208 valence electrons. The Bertz CT molecular complexity index is 2320. The highest BCUT2D eigenvalue weighted by atomic mass is 32.1. The van der Waals surface area contributed by atoms with Crippen molar-refractivity contribution in [3.63, 3.8) is 0 Å². The molecule has 0 bridgehead atoms. The van der Waals surface area contributed by atoms with Gasteiger partial charge in [0.25, 0.3) is 6.71 Å². The predicted octanol–water partition coefficient (Wildman–Crippen LogP) is 8.50. The van der Waals surface area contributed by atoms with Crippen molar-refractivity contribution in [2.24, 2.45) is 0 Å². The van der Waals surface area contributed by atoms with Gasteiger partial charge in [-0.1, -0.05) is 116 Å². The summed E-state index contributed by atoms with van der Waals surface area (Å²) in [4.78, 5) is 4.17. The van der Waals surface area contributed by atoms with Crippen LogP contribution in [0.3, 0.4) is 0 Å². The third-order valence-corrected chi connectivity index (χ3v) is 12.3. The van der Waals surface area contributed by atoms with Crippen LogP contribution >= 0.6 is 11.3 Å². The second-order valence-corrected chi connectivity index (χ2v) is 14.1. The van der Waals surface area contributed by atoms with Gasteiger partial charge in [-0.15, -0.1) is 11.3 Å². The minimum Gasteiger partial charge on any atom is -0.338 e. The van der Waals surface area contributed by atoms with Crippen LogP contribution in [0, 0.1) is 0 Å². The maximum atomic E-state index is 2.80. The van der Waals surface area contributed by atoms with E-state index in [9.17, 15) is 0 Å². The summed E-state index contributed by atoms with van der Waals surface area (Å²) in [6.45, 7) is 0.219. The minimum atomic E-state index is 0.219. The summed E-state index contributed by atoms with van der Waals surface area (Å²) in [5.74, 6) is 0.634. The molecule has 2 nitrogen and oxygen atoms in total. The fourth-order valence-electron chi connectivity index (χ4n) is 9.39. The van der Waals surface area contributed by atoms with Gasteiger partial charge in [-0.2, -0.15) is 0 Å². The van der Waals surface area contributed by atoms with Gasteiger partial charge in [0.15, 0.2) is 0 Å². The monoisotopic (exact) mass is 580 g/mol. The highest BCUT2D eigenvalue weighted by Crippen LogP contribution is 2.54. The van der Waals surface area contributed by atoms with Gasteiger partial charge in [-0.05, 0) is 52.6 Å². The van der Waals surface area contributed by atoms with Crippen LogP contribution in [0.5, 0.6) is 0 Å². The van der Waals surface area contributed by atoms with E-state index in [-0.39, 0.29) is 6.71 Å². The van der Waals surface area contributed by atoms with Gasteiger partial charge < -0.3 is 9.47 Å². The van der Waals surface area contributed by atoms with Crippen molar-refractivity contribution in [2.45, 2.75) is 37.6 Å². The molecule has 5 aromatic carbocycles. The van der Waals surface area contributed by atoms with Crippen LogP contribution in [-0.4, -0.2) is 17.3 Å². The molecule has 11 rings (SSSR count). The lowest BCUT2D eigenvalue weighted by Crippen LogP contribution is -2.60. The standard InChI is InChI=1S/C40H29BN2S/c1-3-12-24(13-4-1)34-38-40(44-39(34)25-14-5-2-6-15-25)41-30-19-11-18-28-26-16-7-9-20-31(26)42(36(28)30)33-23-22-29-27-17-8-10-21-32(27)43(38)37(29)35(33)41/h1-6,8,10-15,17-19,21-23,26,31H,7,9,16,20H2. The summed E-state index contributed by atoms with van der Waals surface area (Å²) in [6, 6.07) is 44.0. The molecule has 2 unspecified atom stereocenters. The van der Waals surface area contributed by atoms with E-state index in [4.69, 9.17) is 0 Å². The Balaban J connectivity index is 1.34. The molecule has 0 radical (unpaired) electrons. The molecular formula is C40H29BN2S. The van der Waals surface area contributed by atoms with Crippen LogP contribution in [-0.2, 0) is 0 Å². The topological polar surface area (TPSA) is 8.17 Å². The Morgan fingerprint density at radius 2 is 1.43 bits per heavy atom. The van der Waals surface area contributed by atoms with Crippen molar-refractivity contribution in [1.82, 2.24) is 4.57 Å². The van der Waals surface area contributed by atoms with Crippen LogP contribution < -0.4 is 20.6 Å². The Morgan fingerprint density at radius 1 is 0.659 bits per heavy atom. The van der Waals surface area contributed by atoms with Crippen LogP contribution in [0.25, 0.3) is 49.1 Å². The van der Waals surface area contributed by atoms with Crippen molar-refractivity contribution in [3.05, 3.63) is 121 Å². The van der Waals surface area contributed by atoms with E-state index < -0.39 is 0 Å². The number of para-hydroxylation sites is 2. The lowest BCUT2D eigenvalue weighted by Gasteiger charge is -2.41. The minimum absolute atomic E-state index is 0.219. The van der Waals surface area contributed by atoms with E-state index >= 15 is 0 Å². The first-order valence-corrected chi connectivity index (χ1v) is 17.0. The molecule has 44 heavy (non-hydrogen) atoms. The average Bonchev–Trinajstić information content (AvgIpc) is 3.76. The van der Waals surface area contributed by atoms with E-state index in [0.717, 1.165) is 0 Å². The molecule has 1 aliphatic carbocycles. The first-order valence-electron chi connectivity index (χ1n) is 16.1. The molecular weight excluding hydrogens is 551 g/mol. The van der Waals surface area contributed by atoms with Crippen molar-refractivity contribution >= 4 is 66.9 Å². The molecule has 4 heteroatoms. The van der Waals surface area contributed by atoms with Crippen LogP contribution in [0.4, 0.5) is 11.4 Å². The summed E-state index contributed by atoms with van der Waals surface area (Å²) in [5.41, 5.74) is 15.6. The Hall–Kier alpha value is -4.54. The maximum absolute atomic E-state index is 2.80. The number of hydrogen-bond acceptors (Lipinski definition) is 2. The van der Waals surface area contributed by atoms with E-state index in [2.05, 4.69) is 125 Å². The lowest BCUT2D eigenvalue weighted by molar-refractivity contribution is 0.402. The molecule has 4 aliphatic rings. The third-order valence-electron chi connectivity index (χ3n) is 11.0. The Morgan fingerprint density at radius 3 is 2.30 bits per heavy atom. The van der Waals surface area contributed by atoms with Crippen molar-refractivity contribution in [3.8, 4) is 27.3 Å². The largest absolute Gasteiger partial charge is 0.338 e. The highest BCUT2D eigenvalue weighted by molar-refractivity contribution is 7.31. The Labute approximate surface area is 261 Å². The second-order valence-electron chi connectivity index (χ2n) is 13.0. The molecule has 2 atom stereocenters. The normalized spacial score (nSPS) is 18.9. The molecule has 0 amide bonds. The third kappa shape index (κ3) is 2.84. The molecule has 0 spiro atoms. The number of fused-ring (bicyclic) bond motifs is 11. The highest BCUT2D eigenvalue weighted by Gasteiger charge is 2.50. The summed E-state index contributed by atoms with van der Waals surface area (Å²) < 4.78 is 4.14. The maximum Gasteiger partial charge on any atom is 0.264 e. The van der Waals surface area contributed by atoms with Crippen molar-refractivity contribution in [2.75, 3.05) is 4.90 Å². The second kappa shape index (κ2) is 8.55. The van der Waals surface area contributed by atoms with Gasteiger partial charge in [0.2, 0.25) is 0 Å². The average molecular weight is 581 g/mol. The number of anilines is 2. The fraction of sp³-hybridized carbons (Fsp3) is 0.150. The van der Waals surface area contributed by atoms with Gasteiger partial charge in [0.1, 0.15) is 0 Å². The summed E-state index contributed by atoms with van der Waals surface area (Å²) in [7, 11) is 0. The molecule has 1 saturated carbocycles. The zero-order chi connectivity index (χ0) is 28.5. The number of thiophene rings is 1. The fourth-order valence-corrected chi connectivity index (χ4v) is 10.8. The molecule has 0 saturated heterocycles. The van der Waals surface area contributed by atoms with E-state index in [0.29, 0.717) is 12.0 Å². The smallest absolute Gasteiger partial charge is 0.264 e. The molecule has 0 N–H and O–H groups in total. The zero-order valence-electron chi connectivity index (χ0n) is 24.3. The first kappa shape index (κ1) is 23.9. The van der Waals surface area contributed by atoms with Gasteiger partial charge in [0, 0.05) is 49.3 Å². The number of nitrogens with zero attached hydrogens (tertiary/aromatic N) is 2. The van der Waals surface area contributed by atoms with Crippen LogP contribution in [0.15, 0.2) is 115 Å². The van der Waals surface area contributed by atoms with Gasteiger partial charge in [-0.25, -0.2) is 0 Å². The molecule has 7 aromatic rings. The van der Waals surface area contributed by atoms with Crippen molar-refractivity contribution < 1.29 is 0 Å². The molecule has 3 aliphatic heterocycles. The van der Waals surface area contributed by atoms with Crippen molar-refractivity contribution in [1.29, 1.82) is 0 Å². The lowest BCUT2D eigenvalue weighted by atomic mass is 9.36. The predicted molar refractivity (Wildman–Crippen MR) is 188 cm³/mol. The zero-order valence-corrected chi connectivity index (χ0v) is 25.1. The van der Waals surface area contributed by atoms with Crippen LogP contribution in [0.1, 0.15) is 37.2 Å². The SMILES string of the molecule is c1ccc(-c2sc3c(c2-c2ccccc2)-n2c4ccccc4c4ccc5c(c42)B3c2cccc3c2N5C2CCCCC32)cc1. The van der Waals surface area contributed by atoms with E-state index in [1.807, 2.05) is 11.3 Å². The number of rotatable bonds is 2. The summed E-state index contributed by atoms with van der Waals surface area (Å²) in [5, 5.41) is 2.72. The van der Waals surface area contributed by atoms with E-state index in [1.165, 1.54) is 102 Å². The Kier molecular flexibility index (Phi) is 4.64. The molecule has 1 fully saturated rings. The van der Waals surface area contributed by atoms with Gasteiger partial charge in [0.05, 0.1) is 16.7 Å². The van der Waals surface area contributed by atoms with Gasteiger partial charge >= 0.3 is 0 Å². The van der Waals surface area contributed by atoms with Crippen LogP contribution in [0.2, 0.25) is 0 Å². The number of aromatic nitrogens is 1. The van der Waals surface area contributed by atoms with Gasteiger partial charge in [-0.3, -0.25) is 0 Å². The quantitative estimate of drug-likeness (QED) is 0.186. The molecule has 2 aromatic heterocycles. The first-order chi connectivity index (χ1) is 21.9. The van der Waals surface area contributed by atoms with E-state index in [1.54, 1.807) is 5.56 Å².